The van der Waals surface area contributed by atoms with Gasteiger partial charge in [-0.2, -0.15) is 0 Å². The summed E-state index contributed by atoms with van der Waals surface area (Å²) in [6.07, 6.45) is 2.34. The number of rotatable bonds is 6. The van der Waals surface area contributed by atoms with Crippen LogP contribution in [0, 0.1) is 5.92 Å². The predicted molar refractivity (Wildman–Crippen MR) is 98.8 cm³/mol. The average molecular weight is 347 g/mol. The molecule has 0 atom stereocenters. The smallest absolute Gasteiger partial charge is 0.321 e. The normalized spacial score (nSPS) is 15.1. The minimum Gasteiger partial charge on any atom is -0.494 e. The zero-order chi connectivity index (χ0) is 18.2. The monoisotopic (exact) mass is 347 g/mol. The van der Waals surface area contributed by atoms with E-state index in [0.717, 1.165) is 17.9 Å². The zero-order valence-electron chi connectivity index (χ0n) is 15.4. The zero-order valence-corrected chi connectivity index (χ0v) is 15.4. The first-order valence-electron chi connectivity index (χ1n) is 9.08. The van der Waals surface area contributed by atoms with Crippen LogP contribution in [0.2, 0.25) is 0 Å². The highest BCUT2D eigenvalue weighted by Gasteiger charge is 2.27. The summed E-state index contributed by atoms with van der Waals surface area (Å²) in [5.41, 5.74) is 0.721. The van der Waals surface area contributed by atoms with Gasteiger partial charge in [0.05, 0.1) is 6.61 Å². The Morgan fingerprint density at radius 3 is 2.64 bits per heavy atom. The lowest BCUT2D eigenvalue weighted by Gasteiger charge is -2.31. The van der Waals surface area contributed by atoms with Gasteiger partial charge in [-0.25, -0.2) is 4.79 Å². The van der Waals surface area contributed by atoms with Crippen molar-refractivity contribution in [3.63, 3.8) is 0 Å². The highest BCUT2D eigenvalue weighted by atomic mass is 16.5. The number of ether oxygens (including phenoxy) is 1. The van der Waals surface area contributed by atoms with E-state index in [1.165, 1.54) is 0 Å². The Hall–Kier alpha value is -2.24. The molecule has 1 aliphatic heterocycles. The van der Waals surface area contributed by atoms with Crippen LogP contribution in [0.4, 0.5) is 10.5 Å². The molecule has 6 nitrogen and oxygen atoms in total. The number of nitrogens with one attached hydrogen (secondary N) is 2. The minimum atomic E-state index is -0.129. The number of urea groups is 1. The summed E-state index contributed by atoms with van der Waals surface area (Å²) in [4.78, 5) is 26.2. The fourth-order valence-electron chi connectivity index (χ4n) is 2.83. The molecule has 0 spiro atoms. The van der Waals surface area contributed by atoms with Gasteiger partial charge in [0.15, 0.2) is 0 Å². The second kappa shape index (κ2) is 9.30. The molecule has 2 rings (SSSR count). The van der Waals surface area contributed by atoms with Crippen molar-refractivity contribution in [1.29, 1.82) is 0 Å². The summed E-state index contributed by atoms with van der Waals surface area (Å²) in [5, 5.41) is 5.86. The van der Waals surface area contributed by atoms with Crippen molar-refractivity contribution in [2.45, 2.75) is 46.1 Å². The molecule has 1 fully saturated rings. The summed E-state index contributed by atoms with van der Waals surface area (Å²) in [7, 11) is 0. The van der Waals surface area contributed by atoms with Crippen molar-refractivity contribution in [3.8, 4) is 5.75 Å². The standard InChI is InChI=1S/C19H29N3O3/c1-4-12-25-17-7-5-6-16(13-17)21-19(24)22-10-8-15(9-11-22)18(23)20-14(2)3/h5-7,13-15H,4,8-12H2,1-3H3,(H,20,23)(H,21,24). The van der Waals surface area contributed by atoms with Gasteiger partial charge in [0.25, 0.3) is 0 Å². The molecular formula is C19H29N3O3. The Morgan fingerprint density at radius 1 is 1.28 bits per heavy atom. The summed E-state index contributed by atoms with van der Waals surface area (Å²) < 4.78 is 5.59. The van der Waals surface area contributed by atoms with E-state index in [1.807, 2.05) is 38.1 Å². The number of hydrogen-bond donors (Lipinski definition) is 2. The van der Waals surface area contributed by atoms with Crippen molar-refractivity contribution in [3.05, 3.63) is 24.3 Å². The van der Waals surface area contributed by atoms with Gasteiger partial charge in [-0.1, -0.05) is 13.0 Å². The van der Waals surface area contributed by atoms with Gasteiger partial charge in [-0.15, -0.1) is 0 Å². The lowest BCUT2D eigenvalue weighted by molar-refractivity contribution is -0.126. The van der Waals surface area contributed by atoms with Gasteiger partial charge in [0.2, 0.25) is 5.91 Å². The summed E-state index contributed by atoms with van der Waals surface area (Å²) in [6, 6.07) is 7.44. The van der Waals surface area contributed by atoms with Crippen molar-refractivity contribution in [2.24, 2.45) is 5.92 Å². The first-order valence-corrected chi connectivity index (χ1v) is 9.08. The molecule has 6 heteroatoms. The number of benzene rings is 1. The molecule has 3 amide bonds. The fourth-order valence-corrected chi connectivity index (χ4v) is 2.83. The summed E-state index contributed by atoms with van der Waals surface area (Å²) >= 11 is 0. The number of anilines is 1. The van der Waals surface area contributed by atoms with E-state index < -0.39 is 0 Å². The van der Waals surface area contributed by atoms with Crippen LogP contribution in [-0.4, -0.2) is 42.6 Å². The Bertz CT molecular complexity index is 581. The third-order valence-corrected chi connectivity index (χ3v) is 4.14. The Morgan fingerprint density at radius 2 is 2.00 bits per heavy atom. The van der Waals surface area contributed by atoms with E-state index in [0.29, 0.717) is 32.5 Å². The molecule has 0 unspecified atom stereocenters. The molecule has 1 aromatic carbocycles. The Balaban J connectivity index is 1.83. The third kappa shape index (κ3) is 5.96. The number of carbonyl (C=O) groups is 2. The van der Waals surface area contributed by atoms with Crippen LogP contribution < -0.4 is 15.4 Å². The Labute approximate surface area is 149 Å². The van der Waals surface area contributed by atoms with Crippen LogP contribution in [0.1, 0.15) is 40.0 Å². The number of hydrogen-bond acceptors (Lipinski definition) is 3. The highest BCUT2D eigenvalue weighted by Crippen LogP contribution is 2.21. The molecule has 138 valence electrons. The van der Waals surface area contributed by atoms with Crippen molar-refractivity contribution in [1.82, 2.24) is 10.2 Å². The van der Waals surface area contributed by atoms with E-state index in [1.54, 1.807) is 4.90 Å². The molecule has 1 aromatic rings. The molecule has 25 heavy (non-hydrogen) atoms. The first-order chi connectivity index (χ1) is 12.0. The summed E-state index contributed by atoms with van der Waals surface area (Å²) in [6.45, 7) is 7.81. The van der Waals surface area contributed by atoms with Crippen LogP contribution in [-0.2, 0) is 4.79 Å². The van der Waals surface area contributed by atoms with Crippen LogP contribution in [0.15, 0.2) is 24.3 Å². The van der Waals surface area contributed by atoms with Gasteiger partial charge in [0, 0.05) is 36.8 Å². The lowest BCUT2D eigenvalue weighted by Crippen LogP contribution is -2.45. The molecule has 0 radical (unpaired) electrons. The van der Waals surface area contributed by atoms with Gasteiger partial charge in [-0.05, 0) is 45.2 Å². The van der Waals surface area contributed by atoms with Crippen molar-refractivity contribution in [2.75, 3.05) is 25.0 Å². The lowest BCUT2D eigenvalue weighted by atomic mass is 9.96. The van der Waals surface area contributed by atoms with Crippen molar-refractivity contribution >= 4 is 17.6 Å². The molecule has 1 aliphatic rings. The summed E-state index contributed by atoms with van der Waals surface area (Å²) in [5.74, 6) is 0.844. The molecule has 0 saturated carbocycles. The van der Waals surface area contributed by atoms with E-state index in [-0.39, 0.29) is 23.9 Å². The maximum atomic E-state index is 12.4. The molecule has 1 saturated heterocycles. The number of nitrogens with zero attached hydrogens (tertiary/aromatic N) is 1. The van der Waals surface area contributed by atoms with E-state index >= 15 is 0 Å². The number of carbonyl (C=O) groups excluding carboxylic acids is 2. The van der Waals surface area contributed by atoms with E-state index in [4.69, 9.17) is 4.74 Å². The predicted octanol–water partition coefficient (Wildman–Crippen LogP) is 3.24. The molecule has 1 heterocycles. The largest absolute Gasteiger partial charge is 0.494 e. The highest BCUT2D eigenvalue weighted by molar-refractivity contribution is 5.89. The third-order valence-electron chi connectivity index (χ3n) is 4.14. The van der Waals surface area contributed by atoms with Gasteiger partial charge < -0.3 is 20.3 Å². The van der Waals surface area contributed by atoms with Gasteiger partial charge in [0.1, 0.15) is 5.75 Å². The SMILES string of the molecule is CCCOc1cccc(NC(=O)N2CCC(C(=O)NC(C)C)CC2)c1. The van der Waals surface area contributed by atoms with Crippen LogP contribution >= 0.6 is 0 Å². The number of likely N-dealkylation sites (tertiary alicyclic amines) is 1. The number of amides is 3. The fraction of sp³-hybridized carbons (Fsp3) is 0.579. The topological polar surface area (TPSA) is 70.7 Å². The van der Waals surface area contributed by atoms with Crippen LogP contribution in [0.3, 0.4) is 0 Å². The van der Waals surface area contributed by atoms with Crippen LogP contribution in [0.5, 0.6) is 5.75 Å². The van der Waals surface area contributed by atoms with Crippen molar-refractivity contribution < 1.29 is 14.3 Å². The molecule has 2 N–H and O–H groups in total. The minimum absolute atomic E-state index is 0.00257. The molecular weight excluding hydrogens is 318 g/mol. The maximum Gasteiger partial charge on any atom is 0.321 e. The van der Waals surface area contributed by atoms with Crippen LogP contribution in [0.25, 0.3) is 0 Å². The average Bonchev–Trinajstić information content (AvgIpc) is 2.60. The molecule has 0 aliphatic carbocycles. The second-order valence-electron chi connectivity index (χ2n) is 6.73. The molecule has 0 bridgehead atoms. The maximum absolute atomic E-state index is 12.4. The van der Waals surface area contributed by atoms with Gasteiger partial charge >= 0.3 is 6.03 Å². The molecule has 0 aromatic heterocycles. The van der Waals surface area contributed by atoms with E-state index in [2.05, 4.69) is 17.6 Å². The first kappa shape index (κ1) is 19.1. The van der Waals surface area contributed by atoms with E-state index in [9.17, 15) is 9.59 Å². The number of piperidine rings is 1. The van der Waals surface area contributed by atoms with Gasteiger partial charge in [-0.3, -0.25) is 4.79 Å². The Kier molecular flexibility index (Phi) is 7.10. The second-order valence-corrected chi connectivity index (χ2v) is 6.73. The quantitative estimate of drug-likeness (QED) is 0.830.